The number of benzene rings is 2. The zero-order valence-corrected chi connectivity index (χ0v) is 51.4. The minimum Gasteiger partial charge on any atom is -0.495 e. The van der Waals surface area contributed by atoms with Crippen LogP contribution in [0.25, 0.3) is 0 Å². The van der Waals surface area contributed by atoms with Crippen LogP contribution in [0.1, 0.15) is 91.5 Å². The molecule has 2 aromatic carbocycles. The van der Waals surface area contributed by atoms with Gasteiger partial charge in [-0.1, -0.05) is 94.5 Å². The van der Waals surface area contributed by atoms with Crippen molar-refractivity contribution in [2.45, 2.75) is 140 Å². The maximum atomic E-state index is 14.4. The van der Waals surface area contributed by atoms with E-state index < -0.39 is 96.1 Å². The number of alkyl carbamates (subject to hydrolysis) is 1. The molecule has 452 valence electrons. The number of ether oxygens (including phenoxy) is 5. The number of nitrogens with two attached hydrogens (primary N) is 1. The van der Waals surface area contributed by atoms with Gasteiger partial charge in [0, 0.05) is 68.0 Å². The molecule has 3 heterocycles. The molecular weight excluding hydrogens is 1220 g/mol. The molecule has 0 aromatic heterocycles. The number of carbonyl (C=O) groups excluding carboxylic acids is 8. The molecule has 2 saturated heterocycles. The number of nitrogens with one attached hydrogen (secondary N) is 7. The van der Waals surface area contributed by atoms with Gasteiger partial charge in [-0.15, -0.1) is 0 Å². The van der Waals surface area contributed by atoms with E-state index in [9.17, 15) is 43.5 Å². The lowest BCUT2D eigenvalue weighted by molar-refractivity contribution is -0.142. The number of unbranched alkanes of at least 4 members (excludes halogenated alkanes) is 2. The molecule has 5 rings (SSSR count). The van der Waals surface area contributed by atoms with Gasteiger partial charge in [-0.2, -0.15) is 0 Å². The lowest BCUT2D eigenvalue weighted by atomic mass is 9.83. The number of primary amides is 1. The Labute approximate surface area is 500 Å². The first-order chi connectivity index (χ1) is 38.9. The molecule has 0 spiro atoms. The molecule has 0 unspecified atom stereocenters. The van der Waals surface area contributed by atoms with Crippen molar-refractivity contribution >= 4 is 108 Å². The molecule has 26 heteroatoms. The number of methoxy groups -OCH3 is 2. The summed E-state index contributed by atoms with van der Waals surface area (Å²) in [4.78, 5) is 107. The molecule has 2 aromatic rings. The summed E-state index contributed by atoms with van der Waals surface area (Å²) in [6.07, 6.45) is 1.65. The van der Waals surface area contributed by atoms with Crippen LogP contribution in [0.15, 0.2) is 60.2 Å². The molecule has 0 radical (unpaired) electrons. The number of hydrogen-bond donors (Lipinski definition) is 9. The van der Waals surface area contributed by atoms with Crippen molar-refractivity contribution < 1.29 is 67.1 Å². The molecule has 3 aliphatic rings. The molecule has 0 aliphatic carbocycles. The average Bonchev–Trinajstić information content (AvgIpc) is 3.43. The van der Waals surface area contributed by atoms with Crippen molar-refractivity contribution in [3.63, 3.8) is 0 Å². The zero-order chi connectivity index (χ0) is 60.5. The van der Waals surface area contributed by atoms with Crippen LogP contribution in [0.4, 0.5) is 31.4 Å². The molecule has 3 aliphatic heterocycles. The van der Waals surface area contributed by atoms with Crippen LogP contribution in [-0.2, 0) is 49.3 Å². The maximum Gasteiger partial charge on any atom is 0.412 e. The summed E-state index contributed by atoms with van der Waals surface area (Å²) < 4.78 is 29.4. The molecule has 82 heavy (non-hydrogen) atoms. The Hall–Kier alpha value is -5.99. The lowest BCUT2D eigenvalue weighted by Gasteiger charge is -2.42. The van der Waals surface area contributed by atoms with Crippen molar-refractivity contribution in [2.75, 3.05) is 60.6 Å². The van der Waals surface area contributed by atoms with E-state index in [2.05, 4.69) is 69.1 Å². The Balaban J connectivity index is 1.29. The Kier molecular flexibility index (Phi) is 25.3. The SMILES string of the molecule is COc1cc2cc(c1Cl)N(C)C(=O)C[C@H](OC(=O)Nc1ccc(NC(=O)[C@H](CCCNC(N)=O)NC(=O)[C@@H](NC(=O)CCCCCNC(=O)C(CBr)CBr)C(C)C)cc1)[C@]1(C)O[C@H]1[C@H](C)[C@@H]1C[C@@](O)(NC(=O)O1)[C@H](OC)/C=C/C=C(\C)C2. The van der Waals surface area contributed by atoms with Crippen LogP contribution >= 0.6 is 43.5 Å². The summed E-state index contributed by atoms with van der Waals surface area (Å²) in [7, 11) is 4.41. The second-order valence-corrected chi connectivity index (χ2v) is 22.9. The van der Waals surface area contributed by atoms with E-state index in [1.165, 1.54) is 43.4 Å². The number of allylic oxidation sites excluding steroid dienone is 3. The fourth-order valence-electron chi connectivity index (χ4n) is 9.70. The minimum atomic E-state index is -1.89. The minimum absolute atomic E-state index is 0.0645. The first-order valence-electron chi connectivity index (χ1n) is 27.2. The van der Waals surface area contributed by atoms with E-state index in [1.807, 2.05) is 13.0 Å². The van der Waals surface area contributed by atoms with Crippen LogP contribution in [0, 0.1) is 17.8 Å². The van der Waals surface area contributed by atoms with Crippen molar-refractivity contribution in [2.24, 2.45) is 23.5 Å². The van der Waals surface area contributed by atoms with Gasteiger partial charge in [0.2, 0.25) is 29.5 Å². The highest BCUT2D eigenvalue weighted by Gasteiger charge is 2.64. The Morgan fingerprint density at radius 2 is 1.61 bits per heavy atom. The average molecular weight is 1300 g/mol. The summed E-state index contributed by atoms with van der Waals surface area (Å²) in [6, 6.07) is 6.65. The predicted molar refractivity (Wildman–Crippen MR) is 316 cm³/mol. The topological polar surface area (TPSA) is 320 Å². The summed E-state index contributed by atoms with van der Waals surface area (Å²) in [6.45, 7) is 9.44. The van der Waals surface area contributed by atoms with Crippen LogP contribution in [-0.4, -0.2) is 146 Å². The molecule has 9 amide bonds. The van der Waals surface area contributed by atoms with Crippen LogP contribution in [0.2, 0.25) is 5.02 Å². The molecule has 2 fully saturated rings. The van der Waals surface area contributed by atoms with Gasteiger partial charge in [0.05, 0.1) is 31.2 Å². The largest absolute Gasteiger partial charge is 0.495 e. The van der Waals surface area contributed by atoms with Crippen molar-refractivity contribution in [3.05, 3.63) is 70.8 Å². The van der Waals surface area contributed by atoms with E-state index in [-0.39, 0.29) is 72.3 Å². The first-order valence-corrected chi connectivity index (χ1v) is 29.8. The van der Waals surface area contributed by atoms with Gasteiger partial charge < -0.3 is 66.0 Å². The number of amides is 9. The standard InChI is InChI=1S/C56H78Br2ClN9O14/c1-31(2)47(66-44(69)17-10-9-11-22-61-49(71)35(29-57)30-58)51(73)65-38(15-13-23-62-52(60)74)50(72)63-36-18-20-37(21-19-36)64-53(75)81-43-27-45(70)68(6)39-25-34(26-40(78-7)46(39)59)24-32(3)14-12-16-42(79-8)56(77)28-41(80-54(76)67-56)33(4)48-55(43,5)82-48/h12,14,16,18-21,25-26,31,33,35,38,41-43,47-48,77H,9-11,13,15,17,22-24,27-30H2,1-8H3,(H,61,71)(H,63,72)(H,64,75)(H,65,73)(H,66,69)(H,67,76)(H3,60,62,74)/b16-12+,32-14+/t33-,38+,41+,42-,43+,47+,48+,55+,56+/m1/s1. The fourth-order valence-corrected chi connectivity index (χ4v) is 11.7. The Morgan fingerprint density at radius 3 is 2.24 bits per heavy atom. The molecule has 9 atom stereocenters. The molecule has 0 saturated carbocycles. The summed E-state index contributed by atoms with van der Waals surface area (Å²) in [5.74, 6) is -2.94. The first kappa shape index (κ1) is 66.8. The van der Waals surface area contributed by atoms with E-state index in [1.54, 1.807) is 59.0 Å². The van der Waals surface area contributed by atoms with Crippen molar-refractivity contribution in [1.29, 1.82) is 0 Å². The normalized spacial score (nSPS) is 24.4. The van der Waals surface area contributed by atoms with Crippen LogP contribution < -0.4 is 52.6 Å². The van der Waals surface area contributed by atoms with E-state index in [0.717, 1.165) is 11.1 Å². The molecule has 10 N–H and O–H groups in total. The third-order valence-corrected chi connectivity index (χ3v) is 16.5. The number of fused-ring (bicyclic) bond motifs is 5. The quantitative estimate of drug-likeness (QED) is 0.0327. The number of hydrogen-bond acceptors (Lipinski definition) is 14. The number of halogens is 3. The summed E-state index contributed by atoms with van der Waals surface area (Å²) >= 11 is 13.5. The van der Waals surface area contributed by atoms with Gasteiger partial charge in [0.15, 0.2) is 5.72 Å². The number of anilines is 3. The highest BCUT2D eigenvalue weighted by molar-refractivity contribution is 9.09. The van der Waals surface area contributed by atoms with Gasteiger partial charge >= 0.3 is 18.2 Å². The fraction of sp³-hybridized carbons (Fsp3) is 0.571. The van der Waals surface area contributed by atoms with Crippen LogP contribution in [0.5, 0.6) is 5.75 Å². The number of urea groups is 1. The van der Waals surface area contributed by atoms with Gasteiger partial charge in [-0.25, -0.2) is 14.4 Å². The van der Waals surface area contributed by atoms with Crippen molar-refractivity contribution in [1.82, 2.24) is 26.6 Å². The highest BCUT2D eigenvalue weighted by atomic mass is 79.9. The summed E-state index contributed by atoms with van der Waals surface area (Å²) in [5, 5.41) is 32.0. The second-order valence-electron chi connectivity index (χ2n) is 21.3. The third-order valence-electron chi connectivity index (χ3n) is 14.6. The van der Waals surface area contributed by atoms with Crippen LogP contribution in [0.3, 0.4) is 0 Å². The predicted octanol–water partition coefficient (Wildman–Crippen LogP) is 6.47. The number of epoxide rings is 1. The number of nitrogens with zero attached hydrogens (tertiary/aromatic N) is 1. The van der Waals surface area contributed by atoms with Gasteiger partial charge in [-0.05, 0) is 93.8 Å². The zero-order valence-electron chi connectivity index (χ0n) is 47.5. The van der Waals surface area contributed by atoms with Gasteiger partial charge in [0.1, 0.15) is 46.8 Å². The number of rotatable bonds is 23. The number of carbonyl (C=O) groups is 8. The van der Waals surface area contributed by atoms with E-state index in [0.29, 0.717) is 54.3 Å². The van der Waals surface area contributed by atoms with Gasteiger partial charge in [0.25, 0.3) is 0 Å². The Bertz CT molecular complexity index is 2660. The third kappa shape index (κ3) is 18.8. The second kappa shape index (κ2) is 31.1. The highest BCUT2D eigenvalue weighted by Crippen LogP contribution is 2.49. The lowest BCUT2D eigenvalue weighted by Crippen LogP contribution is -2.63. The molecular formula is C56H78Br2ClN9O14. The summed E-state index contributed by atoms with van der Waals surface area (Å²) in [5.41, 5.74) is 4.53. The number of alkyl halides is 2. The van der Waals surface area contributed by atoms with Crippen molar-refractivity contribution in [3.8, 4) is 5.75 Å². The smallest absolute Gasteiger partial charge is 0.412 e. The maximum absolute atomic E-state index is 14.4. The number of aliphatic hydroxyl groups is 1. The molecule has 23 nitrogen and oxygen atoms in total. The Morgan fingerprint density at radius 1 is 0.939 bits per heavy atom. The van der Waals surface area contributed by atoms with E-state index >= 15 is 0 Å². The monoisotopic (exact) mass is 1290 g/mol. The van der Waals surface area contributed by atoms with Gasteiger partial charge in [-0.3, -0.25) is 34.6 Å². The van der Waals surface area contributed by atoms with E-state index in [4.69, 9.17) is 41.0 Å². The molecule has 4 bridgehead atoms.